The van der Waals surface area contributed by atoms with E-state index in [2.05, 4.69) is 15.2 Å². The van der Waals surface area contributed by atoms with Gasteiger partial charge in [-0.05, 0) is 11.6 Å². The second-order valence-electron chi connectivity index (χ2n) is 7.29. The van der Waals surface area contributed by atoms with Gasteiger partial charge in [0.05, 0.1) is 11.5 Å². The highest BCUT2D eigenvalue weighted by Crippen LogP contribution is 2.28. The van der Waals surface area contributed by atoms with Crippen molar-refractivity contribution in [2.45, 2.75) is 6.04 Å². The molecular formula is C22H23N5O3S. The third-order valence-corrected chi connectivity index (χ3v) is 6.14. The zero-order chi connectivity index (χ0) is 21.6. The molecule has 2 heterocycles. The average Bonchev–Trinajstić information content (AvgIpc) is 3.33. The molecule has 1 unspecified atom stereocenters. The van der Waals surface area contributed by atoms with Crippen molar-refractivity contribution >= 4 is 28.6 Å². The second-order valence-corrected chi connectivity index (χ2v) is 8.22. The number of hydrogen-bond donors (Lipinski definition) is 1. The Hall–Kier alpha value is -3.30. The Kier molecular flexibility index (Phi) is 6.54. The monoisotopic (exact) mass is 437 g/mol. The summed E-state index contributed by atoms with van der Waals surface area (Å²) < 4.78 is 0. The van der Waals surface area contributed by atoms with Crippen LogP contribution >= 0.6 is 11.3 Å². The molecule has 0 spiro atoms. The summed E-state index contributed by atoms with van der Waals surface area (Å²) in [6.45, 7) is 2.86. The zero-order valence-corrected chi connectivity index (χ0v) is 17.7. The van der Waals surface area contributed by atoms with Crippen molar-refractivity contribution in [1.82, 2.24) is 15.2 Å². The van der Waals surface area contributed by atoms with Gasteiger partial charge in [0.2, 0.25) is 5.91 Å². The topological polar surface area (TPSA) is 91.6 Å². The summed E-state index contributed by atoms with van der Waals surface area (Å²) in [6, 6.07) is 16.3. The summed E-state index contributed by atoms with van der Waals surface area (Å²) in [5.74, 6) is -0.0665. The third kappa shape index (κ3) is 5.07. The van der Waals surface area contributed by atoms with Crippen molar-refractivity contribution in [2.24, 2.45) is 0 Å². The van der Waals surface area contributed by atoms with Crippen LogP contribution in [0.15, 0.2) is 66.2 Å². The number of nitro groups is 1. The van der Waals surface area contributed by atoms with E-state index in [1.165, 1.54) is 17.4 Å². The Morgan fingerprint density at radius 1 is 1.10 bits per heavy atom. The van der Waals surface area contributed by atoms with Gasteiger partial charge in [-0.1, -0.05) is 42.5 Å². The molecule has 0 aliphatic carbocycles. The molecule has 0 saturated carbocycles. The highest BCUT2D eigenvalue weighted by Gasteiger charge is 2.25. The Bertz CT molecular complexity index is 1020. The van der Waals surface area contributed by atoms with Gasteiger partial charge in [-0.25, -0.2) is 4.98 Å². The zero-order valence-electron chi connectivity index (χ0n) is 16.9. The van der Waals surface area contributed by atoms with Gasteiger partial charge in [0, 0.05) is 43.8 Å². The number of thiazole rings is 1. The maximum atomic E-state index is 12.8. The Morgan fingerprint density at radius 2 is 1.81 bits per heavy atom. The lowest BCUT2D eigenvalue weighted by atomic mass is 10.1. The molecule has 1 atom stereocenters. The van der Waals surface area contributed by atoms with Crippen LogP contribution in [0, 0.1) is 10.1 Å². The first-order valence-corrected chi connectivity index (χ1v) is 10.9. The minimum absolute atomic E-state index is 0.0665. The van der Waals surface area contributed by atoms with Gasteiger partial charge in [0.15, 0.2) is 0 Å². The molecule has 0 bridgehead atoms. The first kappa shape index (κ1) is 21.0. The first-order valence-electron chi connectivity index (χ1n) is 10.1. The van der Waals surface area contributed by atoms with Crippen LogP contribution in [0.2, 0.25) is 0 Å². The summed E-state index contributed by atoms with van der Waals surface area (Å²) in [5.41, 5.74) is 1.74. The molecule has 1 aliphatic heterocycles. The van der Waals surface area contributed by atoms with Crippen LogP contribution in [0.1, 0.15) is 16.6 Å². The van der Waals surface area contributed by atoms with Gasteiger partial charge < -0.3 is 10.2 Å². The molecule has 3 aromatic rings. The van der Waals surface area contributed by atoms with Crippen molar-refractivity contribution in [3.05, 3.63) is 86.9 Å². The van der Waals surface area contributed by atoms with E-state index in [-0.39, 0.29) is 29.1 Å². The summed E-state index contributed by atoms with van der Waals surface area (Å²) in [7, 11) is 0. The van der Waals surface area contributed by atoms with Crippen LogP contribution in [0.5, 0.6) is 0 Å². The van der Waals surface area contributed by atoms with Gasteiger partial charge in [0.1, 0.15) is 16.7 Å². The fraction of sp³-hybridized carbons (Fsp3) is 0.273. The number of piperazine rings is 1. The fourth-order valence-corrected chi connectivity index (χ4v) is 4.47. The number of amides is 1. The number of benzene rings is 2. The highest BCUT2D eigenvalue weighted by atomic mass is 32.1. The van der Waals surface area contributed by atoms with E-state index in [0.717, 1.165) is 10.6 Å². The minimum atomic E-state index is -0.350. The second kappa shape index (κ2) is 9.67. The van der Waals surface area contributed by atoms with Gasteiger partial charge in [-0.2, -0.15) is 0 Å². The van der Waals surface area contributed by atoms with Crippen molar-refractivity contribution in [2.75, 3.05) is 37.6 Å². The summed E-state index contributed by atoms with van der Waals surface area (Å²) >= 11 is 1.51. The van der Waals surface area contributed by atoms with E-state index in [1.807, 2.05) is 46.7 Å². The largest absolute Gasteiger partial charge is 0.363 e. The maximum absolute atomic E-state index is 12.8. The number of carbonyl (C=O) groups is 1. The number of nitrogens with zero attached hydrogens (tertiary/aromatic N) is 4. The molecular weight excluding hydrogens is 414 g/mol. The summed E-state index contributed by atoms with van der Waals surface area (Å²) in [4.78, 5) is 32.2. The van der Waals surface area contributed by atoms with E-state index < -0.39 is 0 Å². The predicted octanol–water partition coefficient (Wildman–Crippen LogP) is 3.08. The molecule has 1 N–H and O–H groups in total. The van der Waals surface area contributed by atoms with Crippen molar-refractivity contribution in [1.29, 1.82) is 0 Å². The Labute approximate surface area is 184 Å². The molecule has 8 nitrogen and oxygen atoms in total. The van der Waals surface area contributed by atoms with Crippen molar-refractivity contribution in [3.8, 4) is 0 Å². The molecule has 1 saturated heterocycles. The fourth-order valence-electron chi connectivity index (χ4n) is 3.75. The number of nitrogens with one attached hydrogen (secondary N) is 1. The van der Waals surface area contributed by atoms with E-state index in [1.54, 1.807) is 18.3 Å². The Balaban J connectivity index is 1.36. The normalized spacial score (nSPS) is 15.4. The average molecular weight is 438 g/mol. The number of nitro benzene ring substituents is 1. The van der Waals surface area contributed by atoms with Crippen LogP contribution in [0.3, 0.4) is 0 Å². The summed E-state index contributed by atoms with van der Waals surface area (Å²) in [5, 5.41) is 17.2. The smallest absolute Gasteiger partial charge is 0.292 e. The number of hydrogen-bond acceptors (Lipinski definition) is 7. The van der Waals surface area contributed by atoms with Gasteiger partial charge in [0.25, 0.3) is 5.69 Å². The number of rotatable bonds is 7. The van der Waals surface area contributed by atoms with E-state index in [4.69, 9.17) is 0 Å². The molecule has 160 valence electrons. The standard InChI is InChI=1S/C22H23N5O3S/c28-20(24-21(22-23-10-15-31-22)17-6-2-1-3-7-17)16-25-11-13-26(14-12-25)18-8-4-5-9-19(18)27(29)30/h1-10,15,21H,11-14,16H2,(H,24,28). The Morgan fingerprint density at radius 3 is 2.48 bits per heavy atom. The number of para-hydroxylation sites is 2. The molecule has 1 amide bonds. The molecule has 2 aromatic carbocycles. The predicted molar refractivity (Wildman–Crippen MR) is 120 cm³/mol. The lowest BCUT2D eigenvalue weighted by Crippen LogP contribution is -2.50. The van der Waals surface area contributed by atoms with Crippen molar-refractivity contribution in [3.63, 3.8) is 0 Å². The number of aromatic nitrogens is 1. The molecule has 1 aromatic heterocycles. The lowest BCUT2D eigenvalue weighted by Gasteiger charge is -2.35. The summed E-state index contributed by atoms with van der Waals surface area (Å²) in [6.07, 6.45) is 1.74. The minimum Gasteiger partial charge on any atom is -0.363 e. The SMILES string of the molecule is O=C(CN1CCN(c2ccccc2[N+](=O)[O-])CC1)NC(c1ccccc1)c1nccs1. The molecule has 9 heteroatoms. The molecule has 4 rings (SSSR count). The molecule has 0 radical (unpaired) electrons. The lowest BCUT2D eigenvalue weighted by molar-refractivity contribution is -0.384. The van der Waals surface area contributed by atoms with Gasteiger partial charge in [-0.3, -0.25) is 19.8 Å². The van der Waals surface area contributed by atoms with Crippen LogP contribution in [-0.4, -0.2) is 53.4 Å². The number of carbonyl (C=O) groups excluding carboxylic acids is 1. The quantitative estimate of drug-likeness (QED) is 0.451. The third-order valence-electron chi connectivity index (χ3n) is 5.30. The van der Waals surface area contributed by atoms with Crippen molar-refractivity contribution < 1.29 is 9.72 Å². The first-order chi connectivity index (χ1) is 15.1. The highest BCUT2D eigenvalue weighted by molar-refractivity contribution is 7.09. The van der Waals surface area contributed by atoms with Crippen LogP contribution in [0.25, 0.3) is 0 Å². The van der Waals surface area contributed by atoms with Crippen LogP contribution in [0.4, 0.5) is 11.4 Å². The number of anilines is 1. The van der Waals surface area contributed by atoms with Gasteiger partial charge >= 0.3 is 0 Å². The van der Waals surface area contributed by atoms with Crippen LogP contribution in [-0.2, 0) is 4.79 Å². The van der Waals surface area contributed by atoms with Gasteiger partial charge in [-0.15, -0.1) is 11.3 Å². The maximum Gasteiger partial charge on any atom is 0.292 e. The molecule has 1 fully saturated rings. The van der Waals surface area contributed by atoms with E-state index >= 15 is 0 Å². The molecule has 1 aliphatic rings. The van der Waals surface area contributed by atoms with E-state index in [9.17, 15) is 14.9 Å². The van der Waals surface area contributed by atoms with Crippen LogP contribution < -0.4 is 10.2 Å². The van der Waals surface area contributed by atoms with E-state index in [0.29, 0.717) is 31.9 Å². The molecule has 31 heavy (non-hydrogen) atoms.